The Morgan fingerprint density at radius 2 is 2.11 bits per heavy atom. The molecule has 3 aromatic heterocycles. The number of aryl methyl sites for hydroxylation is 1. The molecule has 0 amide bonds. The highest BCUT2D eigenvalue weighted by molar-refractivity contribution is 5.70. The van der Waals surface area contributed by atoms with Gasteiger partial charge in [-0.2, -0.15) is 9.78 Å². The summed E-state index contributed by atoms with van der Waals surface area (Å²) in [7, 11) is 1.65. The van der Waals surface area contributed by atoms with Crippen LogP contribution >= 0.6 is 0 Å². The Bertz CT molecular complexity index is 1080. The lowest BCUT2D eigenvalue weighted by Gasteiger charge is -2.20. The van der Waals surface area contributed by atoms with Crippen LogP contribution in [0.3, 0.4) is 0 Å². The van der Waals surface area contributed by atoms with E-state index in [1.54, 1.807) is 18.0 Å². The molecule has 0 fully saturated rings. The molecule has 1 aromatic carbocycles. The van der Waals surface area contributed by atoms with Crippen LogP contribution in [0.5, 0.6) is 5.75 Å². The maximum absolute atomic E-state index is 5.22. The fourth-order valence-electron chi connectivity index (χ4n) is 3.68. The molecule has 1 atom stereocenters. The molecule has 1 unspecified atom stereocenters. The Balaban J connectivity index is 1.43. The summed E-state index contributed by atoms with van der Waals surface area (Å²) in [5.41, 5.74) is 4.89. The first-order valence-corrected chi connectivity index (χ1v) is 9.03. The van der Waals surface area contributed by atoms with Crippen LogP contribution in [-0.2, 0) is 19.3 Å². The van der Waals surface area contributed by atoms with Crippen molar-refractivity contribution in [3.63, 3.8) is 0 Å². The minimum absolute atomic E-state index is 0.526. The summed E-state index contributed by atoms with van der Waals surface area (Å²) in [5, 5.41) is 15.7. The zero-order valence-electron chi connectivity index (χ0n) is 15.0. The normalized spacial score (nSPS) is 16.4. The first-order chi connectivity index (χ1) is 13.3. The standard InChI is InChI=1S/C19H19N7O/c1-27-15-5-3-14(4-6-15)26-19-17(24-25-26)11-20-18(22-19)9-12-2-7-16-13(8-12)10-21-23-16/h3-6,10-12H,2,7-9H2,1H3,(H,21,23). The molecule has 0 spiro atoms. The highest BCUT2D eigenvalue weighted by Gasteiger charge is 2.22. The van der Waals surface area contributed by atoms with E-state index in [0.29, 0.717) is 11.4 Å². The van der Waals surface area contributed by atoms with Crippen LogP contribution in [0.15, 0.2) is 36.7 Å². The number of aromatic amines is 1. The molecule has 1 aliphatic rings. The lowest BCUT2D eigenvalue weighted by atomic mass is 9.85. The summed E-state index contributed by atoms with van der Waals surface area (Å²) in [6.07, 6.45) is 7.71. The minimum Gasteiger partial charge on any atom is -0.497 e. The molecule has 3 heterocycles. The van der Waals surface area contributed by atoms with E-state index < -0.39 is 0 Å². The Hall–Kier alpha value is -3.29. The second kappa shape index (κ2) is 6.46. The van der Waals surface area contributed by atoms with Crippen LogP contribution in [0.2, 0.25) is 0 Å². The van der Waals surface area contributed by atoms with Gasteiger partial charge in [0.25, 0.3) is 0 Å². The van der Waals surface area contributed by atoms with Crippen molar-refractivity contribution >= 4 is 11.2 Å². The van der Waals surface area contributed by atoms with E-state index in [4.69, 9.17) is 9.72 Å². The van der Waals surface area contributed by atoms with Crippen molar-refractivity contribution in [2.24, 2.45) is 5.92 Å². The molecular formula is C19H19N7O. The highest BCUT2D eigenvalue weighted by Crippen LogP contribution is 2.26. The van der Waals surface area contributed by atoms with Crippen molar-refractivity contribution in [2.75, 3.05) is 7.11 Å². The molecule has 0 bridgehead atoms. The molecule has 5 rings (SSSR count). The zero-order valence-corrected chi connectivity index (χ0v) is 15.0. The van der Waals surface area contributed by atoms with Gasteiger partial charge in [-0.05, 0) is 55.0 Å². The average molecular weight is 361 g/mol. The van der Waals surface area contributed by atoms with Gasteiger partial charge >= 0.3 is 0 Å². The zero-order chi connectivity index (χ0) is 18.2. The third-order valence-corrected chi connectivity index (χ3v) is 5.15. The highest BCUT2D eigenvalue weighted by atomic mass is 16.5. The first-order valence-electron chi connectivity index (χ1n) is 9.03. The molecule has 27 heavy (non-hydrogen) atoms. The van der Waals surface area contributed by atoms with Crippen LogP contribution in [0.1, 0.15) is 23.5 Å². The van der Waals surface area contributed by atoms with Gasteiger partial charge in [-0.1, -0.05) is 5.21 Å². The third kappa shape index (κ3) is 2.92. The van der Waals surface area contributed by atoms with Crippen molar-refractivity contribution in [3.05, 3.63) is 53.7 Å². The minimum atomic E-state index is 0.526. The number of benzene rings is 1. The SMILES string of the molecule is COc1ccc(-n2nnc3cnc(CC4CCc5[nH]ncc5C4)nc32)cc1. The van der Waals surface area contributed by atoms with Gasteiger partial charge in [0.05, 0.1) is 25.2 Å². The lowest BCUT2D eigenvalue weighted by molar-refractivity contribution is 0.414. The van der Waals surface area contributed by atoms with Crippen LogP contribution in [0.25, 0.3) is 16.9 Å². The van der Waals surface area contributed by atoms with E-state index in [1.165, 1.54) is 11.3 Å². The van der Waals surface area contributed by atoms with Crippen LogP contribution < -0.4 is 4.74 Å². The van der Waals surface area contributed by atoms with E-state index in [-0.39, 0.29) is 0 Å². The summed E-state index contributed by atoms with van der Waals surface area (Å²) in [5.74, 6) is 2.16. The molecule has 1 aliphatic carbocycles. The maximum Gasteiger partial charge on any atom is 0.187 e. The van der Waals surface area contributed by atoms with Gasteiger partial charge in [0, 0.05) is 12.1 Å². The summed E-state index contributed by atoms with van der Waals surface area (Å²) in [6, 6.07) is 7.68. The second-order valence-corrected chi connectivity index (χ2v) is 6.88. The van der Waals surface area contributed by atoms with Crippen LogP contribution in [0, 0.1) is 5.92 Å². The Kier molecular flexibility index (Phi) is 3.81. The monoisotopic (exact) mass is 361 g/mol. The first kappa shape index (κ1) is 15.9. The number of aromatic nitrogens is 7. The topological polar surface area (TPSA) is 94.4 Å². The van der Waals surface area contributed by atoms with E-state index in [0.717, 1.165) is 48.6 Å². The van der Waals surface area contributed by atoms with Gasteiger partial charge < -0.3 is 4.74 Å². The second-order valence-electron chi connectivity index (χ2n) is 6.88. The van der Waals surface area contributed by atoms with E-state index in [2.05, 4.69) is 25.5 Å². The predicted molar refractivity (Wildman–Crippen MR) is 98.8 cm³/mol. The predicted octanol–water partition coefficient (Wildman–Crippen LogP) is 2.29. The summed E-state index contributed by atoms with van der Waals surface area (Å²) < 4.78 is 6.96. The summed E-state index contributed by atoms with van der Waals surface area (Å²) >= 11 is 0. The van der Waals surface area contributed by atoms with Crippen molar-refractivity contribution in [3.8, 4) is 11.4 Å². The number of fused-ring (bicyclic) bond motifs is 2. The van der Waals surface area contributed by atoms with E-state index in [1.807, 2.05) is 30.5 Å². The van der Waals surface area contributed by atoms with Gasteiger partial charge in [0.2, 0.25) is 0 Å². The van der Waals surface area contributed by atoms with E-state index in [9.17, 15) is 0 Å². The number of nitrogens with one attached hydrogen (secondary N) is 1. The Morgan fingerprint density at radius 1 is 1.22 bits per heavy atom. The van der Waals surface area contributed by atoms with Gasteiger partial charge in [0.1, 0.15) is 11.6 Å². The maximum atomic E-state index is 5.22. The third-order valence-electron chi connectivity index (χ3n) is 5.15. The molecule has 0 radical (unpaired) electrons. The average Bonchev–Trinajstić information content (AvgIpc) is 3.34. The number of ether oxygens (including phenoxy) is 1. The fourth-order valence-corrected chi connectivity index (χ4v) is 3.68. The van der Waals surface area contributed by atoms with Crippen molar-refractivity contribution in [1.82, 2.24) is 35.2 Å². The van der Waals surface area contributed by atoms with E-state index >= 15 is 0 Å². The van der Waals surface area contributed by atoms with Crippen molar-refractivity contribution < 1.29 is 4.74 Å². The number of nitrogens with zero attached hydrogens (tertiary/aromatic N) is 6. The van der Waals surface area contributed by atoms with Gasteiger partial charge in [-0.25, -0.2) is 9.97 Å². The number of hydrogen-bond acceptors (Lipinski definition) is 6. The molecular weight excluding hydrogens is 342 g/mol. The largest absolute Gasteiger partial charge is 0.497 e. The molecule has 136 valence electrons. The molecule has 0 saturated carbocycles. The molecule has 0 aliphatic heterocycles. The van der Waals surface area contributed by atoms with Crippen LogP contribution in [0.4, 0.5) is 0 Å². The number of hydrogen-bond donors (Lipinski definition) is 1. The quantitative estimate of drug-likeness (QED) is 0.599. The number of H-pyrrole nitrogens is 1. The van der Waals surface area contributed by atoms with Gasteiger partial charge in [-0.3, -0.25) is 5.10 Å². The van der Waals surface area contributed by atoms with Crippen LogP contribution in [-0.4, -0.2) is 42.3 Å². The number of methoxy groups -OCH3 is 1. The lowest BCUT2D eigenvalue weighted by Crippen LogP contribution is -2.17. The van der Waals surface area contributed by atoms with Gasteiger partial charge in [-0.15, -0.1) is 5.10 Å². The Labute approximate surface area is 155 Å². The summed E-state index contributed by atoms with van der Waals surface area (Å²) in [6.45, 7) is 0. The molecule has 0 saturated heterocycles. The molecule has 4 aromatic rings. The number of rotatable bonds is 4. The van der Waals surface area contributed by atoms with Crippen molar-refractivity contribution in [1.29, 1.82) is 0 Å². The van der Waals surface area contributed by atoms with Gasteiger partial charge in [0.15, 0.2) is 11.2 Å². The van der Waals surface area contributed by atoms with Crippen molar-refractivity contribution in [2.45, 2.75) is 25.7 Å². The molecule has 8 nitrogen and oxygen atoms in total. The summed E-state index contributed by atoms with van der Waals surface area (Å²) in [4.78, 5) is 9.27. The smallest absolute Gasteiger partial charge is 0.187 e. The molecule has 1 N–H and O–H groups in total. The molecule has 8 heteroatoms. The fraction of sp³-hybridized carbons (Fsp3) is 0.316. The Morgan fingerprint density at radius 3 is 2.96 bits per heavy atom.